The molecule has 4 heterocycles. The highest BCUT2D eigenvalue weighted by molar-refractivity contribution is 9.09. The van der Waals surface area contributed by atoms with Crippen LogP contribution in [-0.2, 0) is 56.8 Å². The van der Waals surface area contributed by atoms with E-state index in [0.29, 0.717) is 111 Å². The van der Waals surface area contributed by atoms with Gasteiger partial charge in [0.2, 0.25) is 0 Å². The van der Waals surface area contributed by atoms with Gasteiger partial charge in [-0.3, -0.25) is 0 Å². The van der Waals surface area contributed by atoms with Crippen LogP contribution in [0.5, 0.6) is 0 Å². The van der Waals surface area contributed by atoms with Gasteiger partial charge in [-0.15, -0.1) is 0 Å². The Kier molecular flexibility index (Phi) is 14.0. The third kappa shape index (κ3) is 12.8. The number of alkyl halides is 1. The molecule has 0 aliphatic carbocycles. The second-order valence-corrected chi connectivity index (χ2v) is 19.0. The molecule has 13 heteroatoms. The van der Waals surface area contributed by atoms with Gasteiger partial charge in [-0.1, -0.05) is 36.7 Å². The first kappa shape index (κ1) is 42.7. The summed E-state index contributed by atoms with van der Waals surface area (Å²) >= 11 is 3.70. The number of hydrogen-bond acceptors (Lipinski definition) is 12. The van der Waals surface area contributed by atoms with Crippen LogP contribution in [0.4, 0.5) is 0 Å². The van der Waals surface area contributed by atoms with E-state index in [1.807, 2.05) is 55.4 Å². The molecular formula is C37H67BrO12. The van der Waals surface area contributed by atoms with Crippen molar-refractivity contribution in [1.82, 2.24) is 0 Å². The van der Waals surface area contributed by atoms with Gasteiger partial charge in [-0.25, -0.2) is 0 Å². The highest BCUT2D eigenvalue weighted by atomic mass is 79.9. The van der Waals surface area contributed by atoms with E-state index in [9.17, 15) is 0 Å². The number of hydrogen-bond donors (Lipinski definition) is 0. The third-order valence-corrected chi connectivity index (χ3v) is 10.9. The minimum Gasteiger partial charge on any atom is -0.380 e. The Morgan fingerprint density at radius 1 is 0.400 bits per heavy atom. The van der Waals surface area contributed by atoms with Gasteiger partial charge >= 0.3 is 0 Å². The van der Waals surface area contributed by atoms with Crippen LogP contribution in [-0.4, -0.2) is 134 Å². The van der Waals surface area contributed by atoms with Crippen molar-refractivity contribution in [3.05, 3.63) is 0 Å². The largest absolute Gasteiger partial charge is 0.380 e. The second-order valence-electron chi connectivity index (χ2n) is 18.4. The molecule has 4 rings (SSSR count). The van der Waals surface area contributed by atoms with Crippen molar-refractivity contribution in [2.24, 2.45) is 27.1 Å². The van der Waals surface area contributed by atoms with Crippen molar-refractivity contribution in [3.8, 4) is 0 Å². The predicted octanol–water partition coefficient (Wildman–Crippen LogP) is 5.57. The molecule has 4 fully saturated rings. The number of halogens is 1. The maximum atomic E-state index is 6.61. The SMILES string of the molecule is CC1(COCC(COCC2(C)COC(C)(C)OC2)(COCC2(C)COC(C)(C)OC2)COCC2(CBr)COC(C)(C)OC2)COC(C)(C)OC1. The zero-order chi connectivity index (χ0) is 37.0. The maximum absolute atomic E-state index is 6.61. The van der Waals surface area contributed by atoms with E-state index in [2.05, 4.69) is 36.7 Å². The predicted molar refractivity (Wildman–Crippen MR) is 190 cm³/mol. The Morgan fingerprint density at radius 2 is 0.640 bits per heavy atom. The molecule has 0 atom stereocenters. The Morgan fingerprint density at radius 3 is 0.900 bits per heavy atom. The molecule has 0 unspecified atom stereocenters. The van der Waals surface area contributed by atoms with E-state index in [1.54, 1.807) is 0 Å². The minimum absolute atomic E-state index is 0.304. The zero-order valence-electron chi connectivity index (χ0n) is 32.8. The van der Waals surface area contributed by atoms with Gasteiger partial charge in [0.05, 0.1) is 117 Å². The van der Waals surface area contributed by atoms with Crippen molar-refractivity contribution in [1.29, 1.82) is 0 Å². The normalized spacial score (nSPS) is 27.8. The van der Waals surface area contributed by atoms with Crippen LogP contribution < -0.4 is 0 Å². The van der Waals surface area contributed by atoms with Crippen molar-refractivity contribution >= 4 is 15.9 Å². The van der Waals surface area contributed by atoms with Crippen LogP contribution in [0, 0.1) is 27.1 Å². The number of ether oxygens (including phenoxy) is 12. The molecule has 0 saturated carbocycles. The summed E-state index contributed by atoms with van der Waals surface area (Å²) in [6.07, 6.45) is 0. The average Bonchev–Trinajstić information content (AvgIpc) is 3.03. The van der Waals surface area contributed by atoms with Crippen LogP contribution in [0.25, 0.3) is 0 Å². The molecule has 4 aliphatic heterocycles. The molecule has 0 bridgehead atoms. The van der Waals surface area contributed by atoms with Crippen LogP contribution in [0.15, 0.2) is 0 Å². The second kappa shape index (κ2) is 16.4. The van der Waals surface area contributed by atoms with E-state index in [-0.39, 0.29) is 21.7 Å². The molecule has 12 nitrogen and oxygen atoms in total. The smallest absolute Gasteiger partial charge is 0.162 e. The summed E-state index contributed by atoms with van der Waals surface area (Å²) in [7, 11) is 0. The first-order chi connectivity index (χ1) is 23.0. The van der Waals surface area contributed by atoms with Crippen LogP contribution in [0.3, 0.4) is 0 Å². The first-order valence-corrected chi connectivity index (χ1v) is 19.2. The summed E-state index contributed by atoms with van der Waals surface area (Å²) in [5, 5.41) is 0.671. The number of rotatable bonds is 17. The highest BCUT2D eigenvalue weighted by Crippen LogP contribution is 2.36. The van der Waals surface area contributed by atoms with E-state index >= 15 is 0 Å². The average molecular weight is 784 g/mol. The summed E-state index contributed by atoms with van der Waals surface area (Å²) in [5.74, 6) is -2.45. The highest BCUT2D eigenvalue weighted by Gasteiger charge is 2.44. The van der Waals surface area contributed by atoms with Crippen LogP contribution >= 0.6 is 15.9 Å². The van der Waals surface area contributed by atoms with E-state index in [1.165, 1.54) is 0 Å². The fourth-order valence-electron chi connectivity index (χ4n) is 5.80. The van der Waals surface area contributed by atoms with Gasteiger partial charge in [-0.2, -0.15) is 0 Å². The first-order valence-electron chi connectivity index (χ1n) is 18.0. The molecular weight excluding hydrogens is 716 g/mol. The summed E-state index contributed by atoms with van der Waals surface area (Å²) in [6.45, 7) is 29.1. The maximum Gasteiger partial charge on any atom is 0.162 e. The lowest BCUT2D eigenvalue weighted by Gasteiger charge is -2.44. The topological polar surface area (TPSA) is 111 Å². The molecule has 4 saturated heterocycles. The monoisotopic (exact) mass is 782 g/mol. The fraction of sp³-hybridized carbons (Fsp3) is 1.00. The Bertz CT molecular complexity index is 941. The molecule has 0 aromatic carbocycles. The molecule has 0 spiro atoms. The molecule has 0 aromatic heterocycles. The molecule has 294 valence electrons. The van der Waals surface area contributed by atoms with Gasteiger partial charge in [0.15, 0.2) is 23.1 Å². The van der Waals surface area contributed by atoms with Gasteiger partial charge < -0.3 is 56.8 Å². The van der Waals surface area contributed by atoms with Crippen molar-refractivity contribution < 1.29 is 56.8 Å². The Labute approximate surface area is 309 Å². The summed E-state index contributed by atoms with van der Waals surface area (Å²) in [4.78, 5) is 0. The van der Waals surface area contributed by atoms with E-state index < -0.39 is 28.6 Å². The molecule has 4 aliphatic rings. The third-order valence-electron chi connectivity index (χ3n) is 9.74. The molecule has 0 radical (unpaired) electrons. The van der Waals surface area contributed by atoms with Gasteiger partial charge in [0.1, 0.15) is 0 Å². The Hall–Kier alpha value is -0.0000000000000000416. The van der Waals surface area contributed by atoms with E-state index in [4.69, 9.17) is 56.8 Å². The van der Waals surface area contributed by atoms with Gasteiger partial charge in [-0.05, 0) is 55.4 Å². The lowest BCUT2D eigenvalue weighted by Crippen LogP contribution is -2.52. The van der Waals surface area contributed by atoms with Gasteiger partial charge in [0.25, 0.3) is 0 Å². The van der Waals surface area contributed by atoms with E-state index in [0.717, 1.165) is 0 Å². The quantitative estimate of drug-likeness (QED) is 0.172. The van der Waals surface area contributed by atoms with Crippen LogP contribution in [0.1, 0.15) is 76.2 Å². The fourth-order valence-corrected chi connectivity index (χ4v) is 6.29. The Balaban J connectivity index is 1.49. The lowest BCUT2D eigenvalue weighted by atomic mass is 9.89. The van der Waals surface area contributed by atoms with Gasteiger partial charge in [0, 0.05) is 21.6 Å². The van der Waals surface area contributed by atoms with Crippen molar-refractivity contribution in [2.45, 2.75) is 99.3 Å². The standard InChI is InChI=1S/C37H67BrO12/c1-29(2)43-16-33(9,17-44-29)13-39-23-37(24-40-14-34(10)18-45-30(3,4)46-19-34,25-41-15-35(11)20-47-31(5,6)48-21-35)26-42-22-36(12-38)27-49-32(7,8)50-28-36/h12-28H2,1-11H3. The van der Waals surface area contributed by atoms with Crippen molar-refractivity contribution in [2.75, 3.05) is 111 Å². The minimum atomic E-state index is -0.660. The molecule has 0 amide bonds. The molecule has 0 aromatic rings. The molecule has 50 heavy (non-hydrogen) atoms. The zero-order valence-corrected chi connectivity index (χ0v) is 34.4. The van der Waals surface area contributed by atoms with Crippen LogP contribution in [0.2, 0.25) is 0 Å². The molecule has 0 N–H and O–H groups in total. The summed E-state index contributed by atoms with van der Waals surface area (Å²) < 4.78 is 74.4. The summed E-state index contributed by atoms with van der Waals surface area (Å²) in [6, 6.07) is 0. The van der Waals surface area contributed by atoms with Crippen molar-refractivity contribution in [3.63, 3.8) is 0 Å². The lowest BCUT2D eigenvalue weighted by molar-refractivity contribution is -0.294. The summed E-state index contributed by atoms with van der Waals surface area (Å²) in [5.41, 5.74) is -1.91.